The molecule has 0 bridgehead atoms. The topological polar surface area (TPSA) is 33.1 Å². The van der Waals surface area contributed by atoms with Crippen LogP contribution in [0.2, 0.25) is 0 Å². The molecule has 2 aromatic rings. The second-order valence-corrected chi connectivity index (χ2v) is 6.17. The number of thiocarbonyl (C=S) groups is 1. The van der Waals surface area contributed by atoms with Crippen LogP contribution in [-0.4, -0.2) is 26.1 Å². The van der Waals surface area contributed by atoms with Crippen LogP contribution in [0.5, 0.6) is 0 Å². The van der Waals surface area contributed by atoms with Gasteiger partial charge in [0.15, 0.2) is 5.11 Å². The van der Waals surface area contributed by atoms with Crippen molar-refractivity contribution < 1.29 is 0 Å². The molecule has 3 rings (SSSR count). The number of pyridine rings is 1. The maximum absolute atomic E-state index is 5.59. The fourth-order valence-corrected chi connectivity index (χ4v) is 3.37. The van der Waals surface area contributed by atoms with Crippen molar-refractivity contribution in [2.45, 2.75) is 31.8 Å². The van der Waals surface area contributed by atoms with E-state index in [0.29, 0.717) is 0 Å². The van der Waals surface area contributed by atoms with Gasteiger partial charge in [0, 0.05) is 32.2 Å². The van der Waals surface area contributed by atoms with E-state index in [-0.39, 0.29) is 12.1 Å². The third-order valence-electron chi connectivity index (χ3n) is 4.15. The molecule has 22 heavy (non-hydrogen) atoms. The fraction of sp³-hybridized carbons (Fsp3) is 0.412. The van der Waals surface area contributed by atoms with E-state index in [1.165, 1.54) is 5.56 Å². The first-order valence-corrected chi connectivity index (χ1v) is 8.21. The molecule has 0 unspecified atom stereocenters. The van der Waals surface area contributed by atoms with Crippen molar-refractivity contribution in [3.05, 3.63) is 54.1 Å². The van der Waals surface area contributed by atoms with Crippen molar-refractivity contribution in [3.63, 3.8) is 0 Å². The van der Waals surface area contributed by atoms with E-state index in [1.54, 1.807) is 0 Å². The van der Waals surface area contributed by atoms with Crippen molar-refractivity contribution >= 4 is 17.3 Å². The molecular formula is C17H22N4S. The normalized spacial score (nSPS) is 21.2. The number of rotatable bonds is 5. The first-order valence-electron chi connectivity index (χ1n) is 7.80. The Morgan fingerprint density at radius 1 is 1.32 bits per heavy atom. The van der Waals surface area contributed by atoms with E-state index in [9.17, 15) is 0 Å². The average Bonchev–Trinajstić information content (AvgIpc) is 3.09. The predicted octanol–water partition coefficient (Wildman–Crippen LogP) is 3.19. The third kappa shape index (κ3) is 2.86. The van der Waals surface area contributed by atoms with Gasteiger partial charge in [-0.05, 0) is 42.4 Å². The Labute approximate surface area is 137 Å². The molecule has 0 aromatic carbocycles. The highest BCUT2D eigenvalue weighted by atomic mass is 32.1. The van der Waals surface area contributed by atoms with E-state index >= 15 is 0 Å². The maximum atomic E-state index is 5.59. The summed E-state index contributed by atoms with van der Waals surface area (Å²) in [6.45, 7) is 3.19. The summed E-state index contributed by atoms with van der Waals surface area (Å²) in [5, 5.41) is 4.30. The molecule has 2 aromatic heterocycles. The zero-order chi connectivity index (χ0) is 15.5. The van der Waals surface area contributed by atoms with Crippen molar-refractivity contribution in [1.29, 1.82) is 0 Å². The van der Waals surface area contributed by atoms with Crippen molar-refractivity contribution in [3.8, 4) is 0 Å². The molecule has 0 spiro atoms. The van der Waals surface area contributed by atoms with E-state index in [1.807, 2.05) is 18.3 Å². The van der Waals surface area contributed by atoms with Crippen molar-refractivity contribution in [1.82, 2.24) is 19.8 Å². The van der Waals surface area contributed by atoms with E-state index in [4.69, 9.17) is 12.2 Å². The van der Waals surface area contributed by atoms with Crippen LogP contribution < -0.4 is 5.32 Å². The monoisotopic (exact) mass is 314 g/mol. The van der Waals surface area contributed by atoms with Crippen LogP contribution in [0.1, 0.15) is 43.1 Å². The van der Waals surface area contributed by atoms with Crippen molar-refractivity contribution in [2.24, 2.45) is 7.05 Å². The minimum absolute atomic E-state index is 0.105. The summed E-state index contributed by atoms with van der Waals surface area (Å²) in [6, 6.07) is 8.53. The van der Waals surface area contributed by atoms with E-state index < -0.39 is 0 Å². The molecule has 1 aliphatic rings. The number of nitrogens with zero attached hydrogens (tertiary/aromatic N) is 3. The quantitative estimate of drug-likeness (QED) is 0.859. The lowest BCUT2D eigenvalue weighted by atomic mass is 9.99. The highest BCUT2D eigenvalue weighted by Crippen LogP contribution is 2.38. The number of nitrogens with one attached hydrogen (secondary N) is 1. The molecular weight excluding hydrogens is 292 g/mol. The van der Waals surface area contributed by atoms with E-state index in [2.05, 4.69) is 58.3 Å². The van der Waals surface area contributed by atoms with Gasteiger partial charge in [-0.15, -0.1) is 0 Å². The summed E-state index contributed by atoms with van der Waals surface area (Å²) in [6.07, 6.45) is 8.41. The lowest BCUT2D eigenvalue weighted by Gasteiger charge is -2.27. The Morgan fingerprint density at radius 2 is 2.18 bits per heavy atom. The zero-order valence-electron chi connectivity index (χ0n) is 13.1. The lowest BCUT2D eigenvalue weighted by Crippen LogP contribution is -2.30. The molecule has 0 radical (unpaired) electrons. The first-order chi connectivity index (χ1) is 10.7. The minimum Gasteiger partial charge on any atom is -0.357 e. The van der Waals surface area contributed by atoms with Gasteiger partial charge in [0.05, 0.1) is 17.8 Å². The van der Waals surface area contributed by atoms with Crippen LogP contribution in [0, 0.1) is 0 Å². The summed E-state index contributed by atoms with van der Waals surface area (Å²) in [5.74, 6) is 0. The number of aromatic nitrogens is 2. The minimum atomic E-state index is 0.105. The lowest BCUT2D eigenvalue weighted by molar-refractivity contribution is 0.313. The SMILES string of the molecule is CCCCN1C(=S)N[C@@H](c2ccccn2)[C@@H]1c1ccn(C)c1. The maximum Gasteiger partial charge on any atom is 0.170 e. The Hall–Kier alpha value is -1.88. The fourth-order valence-electron chi connectivity index (χ4n) is 3.04. The molecule has 1 fully saturated rings. The Bertz CT molecular complexity index is 637. The highest BCUT2D eigenvalue weighted by molar-refractivity contribution is 7.80. The standard InChI is InChI=1S/C17H22N4S/c1-3-4-10-21-16(13-8-11-20(2)12-13)15(19-17(21)22)14-7-5-6-9-18-14/h5-9,11-12,15-16H,3-4,10H2,1-2H3,(H,19,22)/t15-,16-/m0/s1. The predicted molar refractivity (Wildman–Crippen MR) is 92.5 cm³/mol. The van der Waals surface area contributed by atoms with Crippen LogP contribution in [-0.2, 0) is 7.05 Å². The van der Waals surface area contributed by atoms with Crippen LogP contribution in [0.4, 0.5) is 0 Å². The van der Waals surface area contributed by atoms with Gasteiger partial charge in [0.2, 0.25) is 0 Å². The summed E-state index contributed by atoms with van der Waals surface area (Å²) < 4.78 is 2.09. The third-order valence-corrected chi connectivity index (χ3v) is 4.50. The molecule has 1 aliphatic heterocycles. The van der Waals surface area contributed by atoms with Crippen LogP contribution in [0.3, 0.4) is 0 Å². The molecule has 0 saturated carbocycles. The summed E-state index contributed by atoms with van der Waals surface area (Å²) in [4.78, 5) is 6.85. The molecule has 3 heterocycles. The van der Waals surface area contributed by atoms with Gasteiger partial charge in [-0.3, -0.25) is 4.98 Å². The Balaban J connectivity index is 1.96. The second kappa shape index (κ2) is 6.48. The van der Waals surface area contributed by atoms with Gasteiger partial charge in [-0.2, -0.15) is 0 Å². The van der Waals surface area contributed by atoms with Gasteiger partial charge in [-0.25, -0.2) is 0 Å². The summed E-state index contributed by atoms with van der Waals surface area (Å²) >= 11 is 5.59. The van der Waals surface area contributed by atoms with Crippen molar-refractivity contribution in [2.75, 3.05) is 6.54 Å². The Morgan fingerprint density at radius 3 is 2.82 bits per heavy atom. The zero-order valence-corrected chi connectivity index (χ0v) is 13.9. The van der Waals surface area contributed by atoms with Gasteiger partial charge in [0.1, 0.15) is 0 Å². The van der Waals surface area contributed by atoms with Crippen LogP contribution >= 0.6 is 12.2 Å². The summed E-state index contributed by atoms with van der Waals surface area (Å²) in [5.41, 5.74) is 2.32. The molecule has 116 valence electrons. The van der Waals surface area contributed by atoms with E-state index in [0.717, 1.165) is 30.2 Å². The van der Waals surface area contributed by atoms with Gasteiger partial charge in [0.25, 0.3) is 0 Å². The molecule has 1 saturated heterocycles. The molecule has 1 N–H and O–H groups in total. The molecule has 0 aliphatic carbocycles. The highest BCUT2D eigenvalue weighted by Gasteiger charge is 2.39. The Kier molecular flexibility index (Phi) is 4.43. The van der Waals surface area contributed by atoms with Gasteiger partial charge >= 0.3 is 0 Å². The summed E-state index contributed by atoms with van der Waals surface area (Å²) in [7, 11) is 2.05. The average molecular weight is 314 g/mol. The molecule has 2 atom stereocenters. The molecule has 0 amide bonds. The smallest absolute Gasteiger partial charge is 0.170 e. The second-order valence-electron chi connectivity index (χ2n) is 5.78. The first kappa shape index (κ1) is 15.0. The van der Waals surface area contributed by atoms with Gasteiger partial charge < -0.3 is 14.8 Å². The van der Waals surface area contributed by atoms with Crippen LogP contribution in [0.25, 0.3) is 0 Å². The molecule has 4 nitrogen and oxygen atoms in total. The van der Waals surface area contributed by atoms with Gasteiger partial charge in [-0.1, -0.05) is 19.4 Å². The molecule has 5 heteroatoms. The largest absolute Gasteiger partial charge is 0.357 e. The number of aryl methyl sites for hydroxylation is 1. The number of unbranched alkanes of at least 4 members (excludes halogenated alkanes) is 1. The number of hydrogen-bond donors (Lipinski definition) is 1. The van der Waals surface area contributed by atoms with Crippen LogP contribution in [0.15, 0.2) is 42.9 Å². The number of hydrogen-bond acceptors (Lipinski definition) is 2.